The first-order chi connectivity index (χ1) is 12.3. The molecule has 1 fully saturated rings. The van der Waals surface area contributed by atoms with E-state index in [1.165, 1.54) is 4.90 Å². The largest absolute Gasteiger partial charge is 0.341 e. The van der Waals surface area contributed by atoms with Gasteiger partial charge in [0.1, 0.15) is 6.04 Å². The molecule has 132 valence electrons. The summed E-state index contributed by atoms with van der Waals surface area (Å²) in [5.41, 5.74) is 7.31. The number of rotatable bonds is 7. The van der Waals surface area contributed by atoms with E-state index >= 15 is 0 Å². The Kier molecular flexibility index (Phi) is 6.44. The Morgan fingerprint density at radius 3 is 2.72 bits per heavy atom. The SMILES string of the molecule is CCN(CCSc1ccccc1)C(=O)C1CC(c2ccccn2)NN1. The predicted molar refractivity (Wildman–Crippen MR) is 101 cm³/mol. The van der Waals surface area contributed by atoms with Crippen LogP contribution in [-0.2, 0) is 4.79 Å². The average molecular weight is 356 g/mol. The van der Waals surface area contributed by atoms with E-state index in [9.17, 15) is 4.79 Å². The number of amides is 1. The highest BCUT2D eigenvalue weighted by atomic mass is 32.2. The molecule has 25 heavy (non-hydrogen) atoms. The monoisotopic (exact) mass is 356 g/mol. The molecular weight excluding hydrogens is 332 g/mol. The lowest BCUT2D eigenvalue weighted by Crippen LogP contribution is -2.46. The second-order valence-corrected chi connectivity index (χ2v) is 7.13. The summed E-state index contributed by atoms with van der Waals surface area (Å²) < 4.78 is 0. The summed E-state index contributed by atoms with van der Waals surface area (Å²) in [6.07, 6.45) is 2.50. The number of nitrogens with zero attached hydrogens (tertiary/aromatic N) is 2. The number of carbonyl (C=O) groups excluding carboxylic acids is 1. The van der Waals surface area contributed by atoms with Gasteiger partial charge < -0.3 is 4.90 Å². The van der Waals surface area contributed by atoms with Crippen LogP contribution >= 0.6 is 11.8 Å². The molecule has 0 bridgehead atoms. The van der Waals surface area contributed by atoms with E-state index in [-0.39, 0.29) is 18.0 Å². The second kappa shape index (κ2) is 8.99. The molecule has 2 unspecified atom stereocenters. The molecule has 1 saturated heterocycles. The van der Waals surface area contributed by atoms with Gasteiger partial charge in [-0.05, 0) is 37.6 Å². The molecule has 1 aromatic carbocycles. The Bertz CT molecular complexity index is 668. The maximum Gasteiger partial charge on any atom is 0.241 e. The van der Waals surface area contributed by atoms with E-state index in [1.807, 2.05) is 48.2 Å². The molecule has 0 saturated carbocycles. The van der Waals surface area contributed by atoms with Crippen molar-refractivity contribution in [2.45, 2.75) is 30.3 Å². The fourth-order valence-corrected chi connectivity index (χ4v) is 3.83. The minimum absolute atomic E-state index is 0.0764. The minimum atomic E-state index is -0.200. The van der Waals surface area contributed by atoms with Crippen LogP contribution in [0.2, 0.25) is 0 Å². The van der Waals surface area contributed by atoms with E-state index < -0.39 is 0 Å². The Labute approximate surface area is 153 Å². The van der Waals surface area contributed by atoms with Gasteiger partial charge in [-0.15, -0.1) is 11.8 Å². The molecule has 1 aromatic heterocycles. The van der Waals surface area contributed by atoms with Crippen LogP contribution < -0.4 is 10.9 Å². The van der Waals surface area contributed by atoms with Gasteiger partial charge in [-0.25, -0.2) is 10.9 Å². The Balaban J connectivity index is 1.50. The molecule has 2 aromatic rings. The molecule has 1 aliphatic rings. The summed E-state index contributed by atoms with van der Waals surface area (Å²) in [5, 5.41) is 0. The van der Waals surface area contributed by atoms with Crippen LogP contribution in [0.4, 0.5) is 0 Å². The lowest BCUT2D eigenvalue weighted by atomic mass is 10.1. The highest BCUT2D eigenvalue weighted by Gasteiger charge is 2.32. The van der Waals surface area contributed by atoms with Crippen molar-refractivity contribution >= 4 is 17.7 Å². The summed E-state index contributed by atoms with van der Waals surface area (Å²) >= 11 is 1.78. The van der Waals surface area contributed by atoms with Crippen molar-refractivity contribution in [3.8, 4) is 0 Å². The van der Waals surface area contributed by atoms with Gasteiger partial charge in [0.2, 0.25) is 5.91 Å². The first-order valence-electron chi connectivity index (χ1n) is 8.66. The second-order valence-electron chi connectivity index (χ2n) is 5.96. The first-order valence-corrected chi connectivity index (χ1v) is 9.65. The van der Waals surface area contributed by atoms with Crippen LogP contribution in [0.3, 0.4) is 0 Å². The fraction of sp³-hybridized carbons (Fsp3) is 0.368. The van der Waals surface area contributed by atoms with Gasteiger partial charge in [-0.1, -0.05) is 24.3 Å². The molecule has 0 aliphatic carbocycles. The summed E-state index contributed by atoms with van der Waals surface area (Å²) in [4.78, 5) is 20.3. The van der Waals surface area contributed by atoms with Gasteiger partial charge in [0.25, 0.3) is 0 Å². The van der Waals surface area contributed by atoms with Crippen molar-refractivity contribution in [2.75, 3.05) is 18.8 Å². The topological polar surface area (TPSA) is 57.3 Å². The van der Waals surface area contributed by atoms with Crippen LogP contribution in [-0.4, -0.2) is 40.7 Å². The quantitative estimate of drug-likeness (QED) is 0.747. The van der Waals surface area contributed by atoms with Gasteiger partial charge in [-0.3, -0.25) is 9.78 Å². The van der Waals surface area contributed by atoms with E-state index in [1.54, 1.807) is 18.0 Å². The molecule has 5 nitrogen and oxygen atoms in total. The number of hydrazine groups is 1. The fourth-order valence-electron chi connectivity index (χ4n) is 2.93. The molecule has 3 rings (SSSR count). The van der Waals surface area contributed by atoms with E-state index in [0.717, 1.165) is 31.0 Å². The van der Waals surface area contributed by atoms with Crippen LogP contribution in [0.15, 0.2) is 59.6 Å². The molecule has 1 aliphatic heterocycles. The Morgan fingerprint density at radius 2 is 2.00 bits per heavy atom. The van der Waals surface area contributed by atoms with Crippen molar-refractivity contribution in [2.24, 2.45) is 0 Å². The third-order valence-corrected chi connectivity index (χ3v) is 5.30. The molecule has 2 N–H and O–H groups in total. The molecule has 1 amide bonds. The number of likely N-dealkylation sites (N-methyl/N-ethyl adjacent to an activating group) is 1. The van der Waals surface area contributed by atoms with Crippen molar-refractivity contribution in [3.05, 3.63) is 60.4 Å². The van der Waals surface area contributed by atoms with Gasteiger partial charge in [-0.2, -0.15) is 0 Å². The molecule has 0 radical (unpaired) electrons. The molecule has 0 spiro atoms. The normalized spacial score (nSPS) is 19.7. The maximum atomic E-state index is 12.8. The zero-order valence-corrected chi connectivity index (χ0v) is 15.2. The third kappa shape index (κ3) is 4.81. The van der Waals surface area contributed by atoms with Crippen LogP contribution in [0.1, 0.15) is 25.1 Å². The van der Waals surface area contributed by atoms with Gasteiger partial charge in [0.15, 0.2) is 0 Å². The van der Waals surface area contributed by atoms with E-state index in [4.69, 9.17) is 0 Å². The molecule has 6 heteroatoms. The summed E-state index contributed by atoms with van der Waals surface area (Å²) in [5.74, 6) is 1.05. The number of hydrogen-bond donors (Lipinski definition) is 2. The summed E-state index contributed by atoms with van der Waals surface area (Å²) in [7, 11) is 0. The molecular formula is C19H24N4OS. The van der Waals surface area contributed by atoms with Crippen molar-refractivity contribution in [1.29, 1.82) is 0 Å². The Hall–Kier alpha value is -1.89. The predicted octanol–water partition coefficient (Wildman–Crippen LogP) is 2.63. The summed E-state index contributed by atoms with van der Waals surface area (Å²) in [6.45, 7) is 3.51. The van der Waals surface area contributed by atoms with Crippen molar-refractivity contribution in [3.63, 3.8) is 0 Å². The number of aromatic nitrogens is 1. The standard InChI is InChI=1S/C19H24N4OS/c1-2-23(12-13-25-15-8-4-3-5-9-15)19(24)18-14-17(21-22-18)16-10-6-7-11-20-16/h3-11,17-18,21-22H,2,12-14H2,1H3. The highest BCUT2D eigenvalue weighted by Crippen LogP contribution is 2.22. The first kappa shape index (κ1) is 17.9. The van der Waals surface area contributed by atoms with E-state index in [0.29, 0.717) is 0 Å². The third-order valence-electron chi connectivity index (χ3n) is 4.31. The zero-order valence-electron chi connectivity index (χ0n) is 14.4. The van der Waals surface area contributed by atoms with Crippen LogP contribution in [0.5, 0.6) is 0 Å². The highest BCUT2D eigenvalue weighted by molar-refractivity contribution is 7.99. The molecule has 2 atom stereocenters. The van der Waals surface area contributed by atoms with Crippen molar-refractivity contribution in [1.82, 2.24) is 20.7 Å². The summed E-state index contributed by atoms with van der Waals surface area (Å²) in [6, 6.07) is 16.0. The lowest BCUT2D eigenvalue weighted by molar-refractivity contribution is -0.132. The van der Waals surface area contributed by atoms with Crippen LogP contribution in [0.25, 0.3) is 0 Å². The number of nitrogens with one attached hydrogen (secondary N) is 2. The zero-order chi connectivity index (χ0) is 17.5. The maximum absolute atomic E-state index is 12.8. The van der Waals surface area contributed by atoms with E-state index in [2.05, 4.69) is 28.0 Å². The number of thioether (sulfide) groups is 1. The van der Waals surface area contributed by atoms with Gasteiger partial charge in [0.05, 0.1) is 11.7 Å². The Morgan fingerprint density at radius 1 is 1.20 bits per heavy atom. The number of hydrogen-bond acceptors (Lipinski definition) is 5. The number of pyridine rings is 1. The smallest absolute Gasteiger partial charge is 0.241 e. The van der Waals surface area contributed by atoms with Gasteiger partial charge >= 0.3 is 0 Å². The van der Waals surface area contributed by atoms with Crippen molar-refractivity contribution < 1.29 is 4.79 Å². The number of carbonyl (C=O) groups is 1. The lowest BCUT2D eigenvalue weighted by Gasteiger charge is -2.23. The number of benzene rings is 1. The minimum Gasteiger partial charge on any atom is -0.341 e. The molecule has 2 heterocycles. The van der Waals surface area contributed by atoms with Gasteiger partial charge in [0, 0.05) is 29.9 Å². The van der Waals surface area contributed by atoms with Crippen LogP contribution in [0, 0.1) is 0 Å². The average Bonchev–Trinajstić information content (AvgIpc) is 3.16.